The number of halogens is 1. The van der Waals surface area contributed by atoms with Crippen molar-refractivity contribution in [3.05, 3.63) is 89.9 Å². The molecule has 0 spiro atoms. The fourth-order valence-electron chi connectivity index (χ4n) is 3.42. The summed E-state index contributed by atoms with van der Waals surface area (Å²) in [5.74, 6) is 0.846. The SMILES string of the molecule is C=C(N=C1C=C(OC2CCNCC2)C(/C=C/N)=CC/1=C/CC)Nc1cccc(F)c1. The smallest absolute Gasteiger partial charge is 0.129 e. The van der Waals surface area contributed by atoms with Gasteiger partial charge in [0.25, 0.3) is 0 Å². The molecule has 1 aliphatic heterocycles. The third-order valence-corrected chi connectivity index (χ3v) is 4.81. The molecule has 5 nitrogen and oxygen atoms in total. The summed E-state index contributed by atoms with van der Waals surface area (Å²) in [5.41, 5.74) is 8.88. The van der Waals surface area contributed by atoms with Gasteiger partial charge in [0.05, 0.1) is 5.71 Å². The van der Waals surface area contributed by atoms with E-state index in [-0.39, 0.29) is 11.9 Å². The molecule has 1 heterocycles. The molecule has 1 aromatic carbocycles. The average molecular weight is 409 g/mol. The normalized spacial score (nSPS) is 20.3. The van der Waals surface area contributed by atoms with Crippen LogP contribution in [0.2, 0.25) is 0 Å². The zero-order valence-electron chi connectivity index (χ0n) is 17.3. The summed E-state index contributed by atoms with van der Waals surface area (Å²) in [5, 5.41) is 6.39. The topological polar surface area (TPSA) is 71.7 Å². The molecule has 0 aromatic heterocycles. The second kappa shape index (κ2) is 10.6. The van der Waals surface area contributed by atoms with E-state index in [4.69, 9.17) is 10.5 Å². The Hall–Kier alpha value is -3.12. The zero-order valence-corrected chi connectivity index (χ0v) is 17.3. The van der Waals surface area contributed by atoms with Crippen molar-refractivity contribution in [1.29, 1.82) is 0 Å². The Morgan fingerprint density at radius 3 is 2.87 bits per heavy atom. The minimum atomic E-state index is -0.316. The molecule has 0 bridgehead atoms. The first-order valence-corrected chi connectivity index (χ1v) is 10.3. The van der Waals surface area contributed by atoms with Crippen molar-refractivity contribution in [2.24, 2.45) is 10.7 Å². The van der Waals surface area contributed by atoms with Gasteiger partial charge >= 0.3 is 0 Å². The Labute approximate surface area is 177 Å². The second-order valence-corrected chi connectivity index (χ2v) is 7.18. The number of benzene rings is 1. The number of aliphatic imine (C=N–C) groups is 1. The summed E-state index contributed by atoms with van der Waals surface area (Å²) in [7, 11) is 0. The van der Waals surface area contributed by atoms with Crippen molar-refractivity contribution in [1.82, 2.24) is 5.32 Å². The van der Waals surface area contributed by atoms with Crippen LogP contribution in [0.1, 0.15) is 26.2 Å². The highest BCUT2D eigenvalue weighted by Gasteiger charge is 2.21. The van der Waals surface area contributed by atoms with E-state index < -0.39 is 0 Å². The number of nitrogens with zero attached hydrogens (tertiary/aromatic N) is 1. The van der Waals surface area contributed by atoms with Gasteiger partial charge in [0.15, 0.2) is 0 Å². The van der Waals surface area contributed by atoms with E-state index >= 15 is 0 Å². The maximum atomic E-state index is 13.5. The summed E-state index contributed by atoms with van der Waals surface area (Å²) in [6.07, 6.45) is 12.3. The molecule has 30 heavy (non-hydrogen) atoms. The Bertz CT molecular complexity index is 921. The minimum Gasteiger partial charge on any atom is -0.490 e. The number of anilines is 1. The van der Waals surface area contributed by atoms with E-state index in [1.807, 2.05) is 18.2 Å². The number of piperidine rings is 1. The van der Waals surface area contributed by atoms with E-state index in [0.717, 1.165) is 55.0 Å². The molecule has 1 aliphatic carbocycles. The maximum absolute atomic E-state index is 13.5. The molecule has 0 unspecified atom stereocenters. The van der Waals surface area contributed by atoms with Crippen molar-refractivity contribution in [2.75, 3.05) is 18.4 Å². The van der Waals surface area contributed by atoms with Crippen LogP contribution in [-0.4, -0.2) is 24.9 Å². The van der Waals surface area contributed by atoms with Gasteiger partial charge in [0.2, 0.25) is 0 Å². The highest BCUT2D eigenvalue weighted by molar-refractivity contribution is 6.13. The monoisotopic (exact) mass is 408 g/mol. The van der Waals surface area contributed by atoms with Crippen LogP contribution < -0.4 is 16.4 Å². The molecule has 0 amide bonds. The van der Waals surface area contributed by atoms with Gasteiger partial charge in [-0.1, -0.05) is 25.6 Å². The van der Waals surface area contributed by atoms with Crippen LogP contribution in [0, 0.1) is 5.82 Å². The van der Waals surface area contributed by atoms with E-state index in [1.165, 1.54) is 18.3 Å². The molecule has 2 aliphatic rings. The summed E-state index contributed by atoms with van der Waals surface area (Å²) >= 11 is 0. The molecule has 1 aromatic rings. The van der Waals surface area contributed by atoms with Gasteiger partial charge in [-0.25, -0.2) is 9.38 Å². The van der Waals surface area contributed by atoms with Gasteiger partial charge in [0, 0.05) is 17.3 Å². The largest absolute Gasteiger partial charge is 0.490 e. The van der Waals surface area contributed by atoms with Gasteiger partial charge in [0.1, 0.15) is 23.5 Å². The second-order valence-electron chi connectivity index (χ2n) is 7.18. The van der Waals surface area contributed by atoms with Gasteiger partial charge < -0.3 is 21.1 Å². The average Bonchev–Trinajstić information content (AvgIpc) is 2.72. The number of hydrogen-bond acceptors (Lipinski definition) is 5. The predicted octanol–water partition coefficient (Wildman–Crippen LogP) is 4.55. The van der Waals surface area contributed by atoms with E-state index in [1.54, 1.807) is 12.1 Å². The van der Waals surface area contributed by atoms with Crippen LogP contribution in [0.15, 0.2) is 89.1 Å². The van der Waals surface area contributed by atoms with Crippen LogP contribution in [0.5, 0.6) is 0 Å². The number of allylic oxidation sites excluding steroid dienone is 5. The number of ether oxygens (including phenoxy) is 1. The van der Waals surface area contributed by atoms with E-state index in [9.17, 15) is 4.39 Å². The summed E-state index contributed by atoms with van der Waals surface area (Å²) in [6, 6.07) is 6.21. The van der Waals surface area contributed by atoms with Crippen molar-refractivity contribution < 1.29 is 9.13 Å². The summed E-state index contributed by atoms with van der Waals surface area (Å²) in [6.45, 7) is 7.94. The van der Waals surface area contributed by atoms with Crippen LogP contribution in [0.3, 0.4) is 0 Å². The Kier molecular flexibility index (Phi) is 7.63. The molecule has 0 saturated carbocycles. The third-order valence-electron chi connectivity index (χ3n) is 4.81. The van der Waals surface area contributed by atoms with Crippen molar-refractivity contribution >= 4 is 11.4 Å². The Morgan fingerprint density at radius 2 is 2.17 bits per heavy atom. The molecular weight excluding hydrogens is 379 g/mol. The fraction of sp³-hybridized carbons (Fsp3) is 0.292. The molecule has 158 valence electrons. The molecule has 1 saturated heterocycles. The minimum absolute atomic E-state index is 0.152. The lowest BCUT2D eigenvalue weighted by atomic mass is 9.96. The Morgan fingerprint density at radius 1 is 1.37 bits per heavy atom. The van der Waals surface area contributed by atoms with Crippen molar-refractivity contribution in [2.45, 2.75) is 32.3 Å². The first-order valence-electron chi connectivity index (χ1n) is 10.3. The number of nitrogens with two attached hydrogens (primary N) is 1. The fourth-order valence-corrected chi connectivity index (χ4v) is 3.42. The summed E-state index contributed by atoms with van der Waals surface area (Å²) in [4.78, 5) is 4.65. The maximum Gasteiger partial charge on any atom is 0.129 e. The standard InChI is InChI=1S/C24H29FN4O/c1-3-5-18-14-19(8-11-26)24(30-22-9-12-27-13-10-22)16-23(18)29-17(2)28-21-7-4-6-20(25)15-21/h4-8,11,14-16,22,27-28H,2-3,9-10,12-13,26H2,1H3/b11-8+,18-5-,29-23?. The van der Waals surface area contributed by atoms with E-state index in [0.29, 0.717) is 11.5 Å². The van der Waals surface area contributed by atoms with Crippen LogP contribution in [0.25, 0.3) is 0 Å². The third kappa shape index (κ3) is 5.94. The highest BCUT2D eigenvalue weighted by atomic mass is 19.1. The lowest BCUT2D eigenvalue weighted by Gasteiger charge is -2.27. The van der Waals surface area contributed by atoms with E-state index in [2.05, 4.69) is 35.2 Å². The number of nitrogens with one attached hydrogen (secondary N) is 2. The van der Waals surface area contributed by atoms with Crippen LogP contribution in [0.4, 0.5) is 10.1 Å². The van der Waals surface area contributed by atoms with Crippen molar-refractivity contribution in [3.8, 4) is 0 Å². The van der Waals surface area contributed by atoms with Gasteiger partial charge in [-0.15, -0.1) is 0 Å². The van der Waals surface area contributed by atoms with Gasteiger partial charge in [-0.05, 0) is 74.5 Å². The van der Waals surface area contributed by atoms with Crippen LogP contribution >= 0.6 is 0 Å². The zero-order chi connectivity index (χ0) is 21.3. The lowest BCUT2D eigenvalue weighted by Crippen LogP contribution is -2.32. The molecule has 6 heteroatoms. The molecule has 0 radical (unpaired) electrons. The first kappa shape index (κ1) is 21.6. The first-order chi connectivity index (χ1) is 14.6. The lowest BCUT2D eigenvalue weighted by molar-refractivity contribution is 0.0942. The Balaban J connectivity index is 1.87. The highest BCUT2D eigenvalue weighted by Crippen LogP contribution is 2.27. The molecular formula is C24H29FN4O. The molecule has 4 N–H and O–H groups in total. The molecule has 0 atom stereocenters. The van der Waals surface area contributed by atoms with Gasteiger partial charge in [-0.2, -0.15) is 0 Å². The number of rotatable bonds is 7. The predicted molar refractivity (Wildman–Crippen MR) is 121 cm³/mol. The van der Waals surface area contributed by atoms with Crippen molar-refractivity contribution in [3.63, 3.8) is 0 Å². The number of hydrogen-bond donors (Lipinski definition) is 3. The molecule has 1 fully saturated rings. The summed E-state index contributed by atoms with van der Waals surface area (Å²) < 4.78 is 19.8. The molecule has 3 rings (SSSR count). The van der Waals surface area contributed by atoms with Crippen LogP contribution in [-0.2, 0) is 4.74 Å². The quantitative estimate of drug-likeness (QED) is 0.619. The van der Waals surface area contributed by atoms with Gasteiger partial charge in [-0.3, -0.25) is 0 Å².